The molecule has 130 valence electrons. The summed E-state index contributed by atoms with van der Waals surface area (Å²) in [5.41, 5.74) is 0. The Kier molecular flexibility index (Phi) is 11.8. The van der Waals surface area contributed by atoms with Gasteiger partial charge in [0.2, 0.25) is 0 Å². The molecular formula is C21H40O. The normalized spacial score (nSPS) is 15.2. The van der Waals surface area contributed by atoms with Crippen molar-refractivity contribution in [2.45, 2.75) is 117 Å². The summed E-state index contributed by atoms with van der Waals surface area (Å²) in [4.78, 5) is 11.7. The molecule has 1 aliphatic rings. The lowest BCUT2D eigenvalue weighted by molar-refractivity contribution is -0.125. The van der Waals surface area contributed by atoms with E-state index in [1.165, 1.54) is 89.9 Å². The lowest BCUT2D eigenvalue weighted by Gasteiger charge is -2.23. The second-order valence-corrected chi connectivity index (χ2v) is 7.92. The molecule has 1 heteroatoms. The highest BCUT2D eigenvalue weighted by Gasteiger charge is 2.23. The van der Waals surface area contributed by atoms with Gasteiger partial charge in [0, 0.05) is 12.3 Å². The molecule has 1 rings (SSSR count). The molecule has 0 heterocycles. The molecule has 0 aromatic carbocycles. The molecule has 1 fully saturated rings. The van der Waals surface area contributed by atoms with Gasteiger partial charge < -0.3 is 0 Å². The fourth-order valence-electron chi connectivity index (χ4n) is 3.38. The fraction of sp³-hybridized carbons (Fsp3) is 0.952. The third-order valence-corrected chi connectivity index (χ3v) is 5.27. The molecule has 0 bridgehead atoms. The summed E-state index contributed by atoms with van der Waals surface area (Å²) in [6, 6.07) is 0. The largest absolute Gasteiger partial charge is 0.299 e. The monoisotopic (exact) mass is 308 g/mol. The number of hydrogen-bond acceptors (Lipinski definition) is 1. The zero-order valence-corrected chi connectivity index (χ0v) is 15.4. The van der Waals surface area contributed by atoms with Crippen LogP contribution in [0.2, 0.25) is 0 Å². The maximum Gasteiger partial charge on any atom is 0.135 e. The Morgan fingerprint density at radius 1 is 0.773 bits per heavy atom. The van der Waals surface area contributed by atoms with Crippen molar-refractivity contribution < 1.29 is 4.79 Å². The summed E-state index contributed by atoms with van der Waals surface area (Å²) >= 11 is 0. The zero-order chi connectivity index (χ0) is 16.0. The van der Waals surface area contributed by atoms with Gasteiger partial charge in [-0.15, -0.1) is 0 Å². The van der Waals surface area contributed by atoms with Crippen LogP contribution in [0.5, 0.6) is 0 Å². The smallest absolute Gasteiger partial charge is 0.135 e. The maximum absolute atomic E-state index is 11.7. The van der Waals surface area contributed by atoms with Gasteiger partial charge in [-0.05, 0) is 25.2 Å². The minimum atomic E-state index is 0.459. The van der Waals surface area contributed by atoms with Crippen molar-refractivity contribution in [2.24, 2.45) is 11.8 Å². The van der Waals surface area contributed by atoms with E-state index in [0.717, 1.165) is 18.8 Å². The Bertz CT molecular complexity index is 265. The molecule has 0 amide bonds. The molecule has 0 N–H and O–H groups in total. The van der Waals surface area contributed by atoms with Crippen molar-refractivity contribution in [3.8, 4) is 0 Å². The first-order valence-electron chi connectivity index (χ1n) is 10.2. The molecular weight excluding hydrogens is 268 g/mol. The topological polar surface area (TPSA) is 17.1 Å². The molecule has 0 aromatic rings. The average Bonchev–Trinajstić information content (AvgIpc) is 2.41. The van der Waals surface area contributed by atoms with E-state index in [9.17, 15) is 4.79 Å². The lowest BCUT2D eigenvalue weighted by atomic mass is 9.80. The average molecular weight is 309 g/mol. The Labute approximate surface area is 139 Å². The van der Waals surface area contributed by atoms with Crippen molar-refractivity contribution in [2.75, 3.05) is 0 Å². The Balaban J connectivity index is 1.70. The predicted octanol–water partition coefficient (Wildman–Crippen LogP) is 7.08. The lowest BCUT2D eigenvalue weighted by Crippen LogP contribution is -2.21. The molecule has 1 saturated carbocycles. The number of rotatable bonds is 15. The van der Waals surface area contributed by atoms with Gasteiger partial charge in [-0.1, -0.05) is 90.9 Å². The van der Waals surface area contributed by atoms with Gasteiger partial charge in [0.15, 0.2) is 0 Å². The molecule has 1 aliphatic carbocycles. The third kappa shape index (κ3) is 10.4. The first-order chi connectivity index (χ1) is 10.7. The van der Waals surface area contributed by atoms with Crippen LogP contribution < -0.4 is 0 Å². The van der Waals surface area contributed by atoms with Crippen LogP contribution in [0.4, 0.5) is 0 Å². The zero-order valence-electron chi connectivity index (χ0n) is 15.4. The number of ketones is 1. The minimum Gasteiger partial charge on any atom is -0.299 e. The van der Waals surface area contributed by atoms with Gasteiger partial charge in [-0.25, -0.2) is 0 Å². The first kappa shape index (κ1) is 19.7. The molecule has 0 saturated heterocycles. The minimum absolute atomic E-state index is 0.459. The van der Waals surface area contributed by atoms with Crippen LogP contribution in [0.3, 0.4) is 0 Å². The SMILES string of the molecule is CC(C)CCCCCCCCCCCCCC(=O)C1CCC1. The Morgan fingerprint density at radius 2 is 1.23 bits per heavy atom. The summed E-state index contributed by atoms with van der Waals surface area (Å²) in [6.45, 7) is 4.65. The van der Waals surface area contributed by atoms with Crippen LogP contribution in [0.25, 0.3) is 0 Å². The van der Waals surface area contributed by atoms with Crippen LogP contribution in [0.1, 0.15) is 117 Å². The standard InChI is InChI=1S/C21H40O/c1-19(2)15-12-10-8-6-4-3-5-7-9-11-13-18-21(22)20-16-14-17-20/h19-20H,3-18H2,1-2H3. The van der Waals surface area contributed by atoms with Gasteiger partial charge in [0.25, 0.3) is 0 Å². The van der Waals surface area contributed by atoms with E-state index in [0.29, 0.717) is 11.7 Å². The molecule has 0 atom stereocenters. The van der Waals surface area contributed by atoms with Crippen LogP contribution in [0, 0.1) is 11.8 Å². The van der Waals surface area contributed by atoms with E-state index < -0.39 is 0 Å². The van der Waals surface area contributed by atoms with Gasteiger partial charge in [0.05, 0.1) is 0 Å². The van der Waals surface area contributed by atoms with Crippen LogP contribution in [0.15, 0.2) is 0 Å². The Hall–Kier alpha value is -0.330. The second kappa shape index (κ2) is 13.1. The van der Waals surface area contributed by atoms with E-state index in [1.54, 1.807) is 0 Å². The highest BCUT2D eigenvalue weighted by atomic mass is 16.1. The van der Waals surface area contributed by atoms with Gasteiger partial charge in [-0.2, -0.15) is 0 Å². The van der Waals surface area contributed by atoms with Crippen molar-refractivity contribution in [1.29, 1.82) is 0 Å². The number of hydrogen-bond donors (Lipinski definition) is 0. The van der Waals surface area contributed by atoms with Crippen molar-refractivity contribution >= 4 is 5.78 Å². The molecule has 0 aromatic heterocycles. The molecule has 22 heavy (non-hydrogen) atoms. The van der Waals surface area contributed by atoms with Gasteiger partial charge in [-0.3, -0.25) is 4.79 Å². The molecule has 1 nitrogen and oxygen atoms in total. The van der Waals surface area contributed by atoms with Crippen molar-refractivity contribution in [3.63, 3.8) is 0 Å². The third-order valence-electron chi connectivity index (χ3n) is 5.27. The van der Waals surface area contributed by atoms with E-state index >= 15 is 0 Å². The van der Waals surface area contributed by atoms with E-state index in [2.05, 4.69) is 13.8 Å². The molecule has 0 aliphatic heterocycles. The number of carbonyl (C=O) groups excluding carboxylic acids is 1. The van der Waals surface area contributed by atoms with Crippen LogP contribution in [-0.2, 0) is 4.79 Å². The molecule has 0 spiro atoms. The molecule has 0 unspecified atom stereocenters. The van der Waals surface area contributed by atoms with E-state index in [4.69, 9.17) is 0 Å². The van der Waals surface area contributed by atoms with Crippen molar-refractivity contribution in [3.05, 3.63) is 0 Å². The first-order valence-corrected chi connectivity index (χ1v) is 10.2. The number of unbranched alkanes of at least 4 members (excludes halogenated alkanes) is 10. The summed E-state index contributed by atoms with van der Waals surface area (Å²) in [5.74, 6) is 1.90. The van der Waals surface area contributed by atoms with E-state index in [-0.39, 0.29) is 0 Å². The van der Waals surface area contributed by atoms with Gasteiger partial charge in [0.1, 0.15) is 5.78 Å². The quantitative estimate of drug-likeness (QED) is 0.295. The second-order valence-electron chi connectivity index (χ2n) is 7.92. The van der Waals surface area contributed by atoms with E-state index in [1.807, 2.05) is 0 Å². The highest BCUT2D eigenvalue weighted by Crippen LogP contribution is 2.28. The predicted molar refractivity (Wildman–Crippen MR) is 97.2 cm³/mol. The van der Waals surface area contributed by atoms with Crippen LogP contribution >= 0.6 is 0 Å². The Morgan fingerprint density at radius 3 is 1.64 bits per heavy atom. The molecule has 0 radical (unpaired) electrons. The fourth-order valence-corrected chi connectivity index (χ4v) is 3.38. The number of Topliss-reactive ketones (excluding diaryl/α,β-unsaturated/α-hetero) is 1. The van der Waals surface area contributed by atoms with Crippen molar-refractivity contribution in [1.82, 2.24) is 0 Å². The van der Waals surface area contributed by atoms with Crippen LogP contribution in [-0.4, -0.2) is 5.78 Å². The number of carbonyl (C=O) groups is 1. The highest BCUT2D eigenvalue weighted by molar-refractivity contribution is 5.81. The van der Waals surface area contributed by atoms with Gasteiger partial charge >= 0.3 is 0 Å². The summed E-state index contributed by atoms with van der Waals surface area (Å²) < 4.78 is 0. The summed E-state index contributed by atoms with van der Waals surface area (Å²) in [6.07, 6.45) is 21.0. The summed E-state index contributed by atoms with van der Waals surface area (Å²) in [5, 5.41) is 0. The summed E-state index contributed by atoms with van der Waals surface area (Å²) in [7, 11) is 0. The maximum atomic E-state index is 11.7.